The number of aliphatic hydroxyl groups is 1. The summed E-state index contributed by atoms with van der Waals surface area (Å²) in [5.41, 5.74) is 0.277. The average Bonchev–Trinajstić information content (AvgIpc) is 2.21. The van der Waals surface area contributed by atoms with Crippen LogP contribution >= 0.6 is 0 Å². The largest absolute Gasteiger partial charge is 0.491 e. The van der Waals surface area contributed by atoms with Gasteiger partial charge in [0.15, 0.2) is 11.6 Å². The highest BCUT2D eigenvalue weighted by Crippen LogP contribution is 2.20. The second-order valence-corrected chi connectivity index (χ2v) is 3.09. The molecule has 0 aromatic heterocycles. The maximum absolute atomic E-state index is 13.4. The molecular formula is C11H15FO2. The number of aliphatic hydroxyl groups excluding tert-OH is 1. The number of benzene rings is 1. The van der Waals surface area contributed by atoms with E-state index in [0.29, 0.717) is 6.61 Å². The molecule has 0 unspecified atom stereocenters. The van der Waals surface area contributed by atoms with Crippen LogP contribution in [0.4, 0.5) is 4.39 Å². The molecule has 1 rings (SSSR count). The molecule has 1 aromatic rings. The van der Waals surface area contributed by atoms with Gasteiger partial charge in [-0.15, -0.1) is 0 Å². The van der Waals surface area contributed by atoms with Crippen LogP contribution in [0.5, 0.6) is 5.75 Å². The van der Waals surface area contributed by atoms with Gasteiger partial charge in [0.25, 0.3) is 0 Å². The Morgan fingerprint density at radius 1 is 1.43 bits per heavy atom. The third kappa shape index (κ3) is 2.70. The molecule has 78 valence electrons. The standard InChI is InChI=1S/C11H15FO2/c1-2-3-7-14-10-6-4-5-9(8-13)11(10)12/h4-6,13H,2-3,7-8H2,1H3. The SMILES string of the molecule is CCCCOc1cccc(CO)c1F. The fourth-order valence-corrected chi connectivity index (χ4v) is 1.12. The lowest BCUT2D eigenvalue weighted by Gasteiger charge is -2.08. The van der Waals surface area contributed by atoms with Gasteiger partial charge in [0.2, 0.25) is 0 Å². The van der Waals surface area contributed by atoms with Crippen molar-refractivity contribution in [2.45, 2.75) is 26.4 Å². The lowest BCUT2D eigenvalue weighted by atomic mass is 10.2. The maximum atomic E-state index is 13.4. The van der Waals surface area contributed by atoms with Crippen LogP contribution in [-0.2, 0) is 6.61 Å². The van der Waals surface area contributed by atoms with E-state index < -0.39 is 5.82 Å². The van der Waals surface area contributed by atoms with Crippen LogP contribution in [0.1, 0.15) is 25.3 Å². The van der Waals surface area contributed by atoms with E-state index in [1.165, 1.54) is 0 Å². The fourth-order valence-electron chi connectivity index (χ4n) is 1.12. The molecule has 0 aliphatic heterocycles. The summed E-state index contributed by atoms with van der Waals surface area (Å²) in [6.07, 6.45) is 1.92. The van der Waals surface area contributed by atoms with Crippen molar-refractivity contribution in [3.8, 4) is 5.75 Å². The van der Waals surface area contributed by atoms with E-state index in [1.54, 1.807) is 18.2 Å². The zero-order chi connectivity index (χ0) is 10.4. The Labute approximate surface area is 83.3 Å². The van der Waals surface area contributed by atoms with Crippen molar-refractivity contribution >= 4 is 0 Å². The molecule has 0 aliphatic carbocycles. The molecule has 3 heteroatoms. The van der Waals surface area contributed by atoms with Gasteiger partial charge in [-0.1, -0.05) is 25.5 Å². The Hall–Kier alpha value is -1.09. The number of unbranched alkanes of at least 4 members (excludes halogenated alkanes) is 1. The van der Waals surface area contributed by atoms with Gasteiger partial charge < -0.3 is 9.84 Å². The number of ether oxygens (including phenoxy) is 1. The number of hydrogen-bond donors (Lipinski definition) is 1. The maximum Gasteiger partial charge on any atom is 0.170 e. The highest BCUT2D eigenvalue weighted by Gasteiger charge is 2.07. The highest BCUT2D eigenvalue weighted by molar-refractivity contribution is 5.30. The molecule has 0 bridgehead atoms. The molecule has 0 fully saturated rings. The van der Waals surface area contributed by atoms with Gasteiger partial charge in [0.1, 0.15) is 0 Å². The van der Waals surface area contributed by atoms with Crippen LogP contribution in [0.25, 0.3) is 0 Å². The van der Waals surface area contributed by atoms with E-state index in [4.69, 9.17) is 9.84 Å². The fraction of sp³-hybridized carbons (Fsp3) is 0.455. The van der Waals surface area contributed by atoms with Crippen LogP contribution in [0.3, 0.4) is 0 Å². The first-order valence-corrected chi connectivity index (χ1v) is 4.80. The number of rotatable bonds is 5. The van der Waals surface area contributed by atoms with Crippen LogP contribution in [0.2, 0.25) is 0 Å². The lowest BCUT2D eigenvalue weighted by Crippen LogP contribution is -2.00. The summed E-state index contributed by atoms with van der Waals surface area (Å²) in [5, 5.41) is 8.82. The third-order valence-electron chi connectivity index (χ3n) is 1.97. The molecular weight excluding hydrogens is 183 g/mol. The van der Waals surface area contributed by atoms with E-state index in [0.717, 1.165) is 12.8 Å². The summed E-state index contributed by atoms with van der Waals surface area (Å²) in [5.74, 6) is -0.226. The van der Waals surface area contributed by atoms with E-state index >= 15 is 0 Å². The minimum Gasteiger partial charge on any atom is -0.491 e. The first kappa shape index (κ1) is 11.0. The van der Waals surface area contributed by atoms with Crippen molar-refractivity contribution in [1.82, 2.24) is 0 Å². The number of halogens is 1. The van der Waals surface area contributed by atoms with Gasteiger partial charge in [-0.05, 0) is 12.5 Å². The van der Waals surface area contributed by atoms with E-state index in [2.05, 4.69) is 0 Å². The monoisotopic (exact) mass is 198 g/mol. The Balaban J connectivity index is 2.66. The predicted molar refractivity (Wildman–Crippen MR) is 52.7 cm³/mol. The molecule has 0 radical (unpaired) electrons. The first-order valence-electron chi connectivity index (χ1n) is 4.80. The first-order chi connectivity index (χ1) is 6.79. The lowest BCUT2D eigenvalue weighted by molar-refractivity contribution is 0.265. The molecule has 2 nitrogen and oxygen atoms in total. The third-order valence-corrected chi connectivity index (χ3v) is 1.97. The summed E-state index contributed by atoms with van der Waals surface area (Å²) in [4.78, 5) is 0. The molecule has 0 amide bonds. The Kier molecular flexibility index (Phi) is 4.40. The van der Waals surface area contributed by atoms with Crippen LogP contribution in [0.15, 0.2) is 18.2 Å². The second-order valence-electron chi connectivity index (χ2n) is 3.09. The Morgan fingerprint density at radius 2 is 2.21 bits per heavy atom. The summed E-state index contributed by atoms with van der Waals surface area (Å²) in [6.45, 7) is 2.27. The van der Waals surface area contributed by atoms with Crippen LogP contribution in [-0.4, -0.2) is 11.7 Å². The quantitative estimate of drug-likeness (QED) is 0.736. The minimum absolute atomic E-state index is 0.227. The zero-order valence-electron chi connectivity index (χ0n) is 8.29. The smallest absolute Gasteiger partial charge is 0.170 e. The normalized spacial score (nSPS) is 10.2. The van der Waals surface area contributed by atoms with Crippen molar-refractivity contribution in [3.63, 3.8) is 0 Å². The molecule has 0 atom stereocenters. The molecule has 0 saturated carbocycles. The predicted octanol–water partition coefficient (Wildman–Crippen LogP) is 2.50. The number of hydrogen-bond acceptors (Lipinski definition) is 2. The van der Waals surface area contributed by atoms with Gasteiger partial charge >= 0.3 is 0 Å². The molecule has 0 heterocycles. The summed E-state index contributed by atoms with van der Waals surface area (Å²) in [6, 6.07) is 4.79. The van der Waals surface area contributed by atoms with Gasteiger partial charge in [-0.2, -0.15) is 0 Å². The van der Waals surface area contributed by atoms with Crippen LogP contribution in [0, 0.1) is 5.82 Å². The highest BCUT2D eigenvalue weighted by atomic mass is 19.1. The molecule has 1 aromatic carbocycles. The molecule has 0 aliphatic rings. The van der Waals surface area contributed by atoms with Crippen LogP contribution < -0.4 is 4.74 Å². The molecule has 0 spiro atoms. The van der Waals surface area contributed by atoms with Crippen molar-refractivity contribution in [2.75, 3.05) is 6.61 Å². The topological polar surface area (TPSA) is 29.5 Å². The zero-order valence-corrected chi connectivity index (χ0v) is 8.29. The van der Waals surface area contributed by atoms with Crippen molar-refractivity contribution in [3.05, 3.63) is 29.6 Å². The molecule has 0 saturated heterocycles. The van der Waals surface area contributed by atoms with Crippen molar-refractivity contribution in [2.24, 2.45) is 0 Å². The second kappa shape index (κ2) is 5.60. The average molecular weight is 198 g/mol. The van der Waals surface area contributed by atoms with E-state index in [-0.39, 0.29) is 17.9 Å². The van der Waals surface area contributed by atoms with E-state index in [1.807, 2.05) is 6.92 Å². The van der Waals surface area contributed by atoms with Gasteiger partial charge in [-0.25, -0.2) is 4.39 Å². The summed E-state index contributed by atoms with van der Waals surface area (Å²) < 4.78 is 18.6. The van der Waals surface area contributed by atoms with Gasteiger partial charge in [0.05, 0.1) is 13.2 Å². The molecule has 14 heavy (non-hydrogen) atoms. The summed E-state index contributed by atoms with van der Waals surface area (Å²) >= 11 is 0. The Morgan fingerprint density at radius 3 is 2.86 bits per heavy atom. The Bertz CT molecular complexity index is 287. The van der Waals surface area contributed by atoms with Crippen molar-refractivity contribution in [1.29, 1.82) is 0 Å². The van der Waals surface area contributed by atoms with E-state index in [9.17, 15) is 4.39 Å². The van der Waals surface area contributed by atoms with Gasteiger partial charge in [-0.3, -0.25) is 0 Å². The minimum atomic E-state index is -0.453. The van der Waals surface area contributed by atoms with Gasteiger partial charge in [0, 0.05) is 5.56 Å². The van der Waals surface area contributed by atoms with Crippen molar-refractivity contribution < 1.29 is 14.2 Å². The summed E-state index contributed by atoms with van der Waals surface area (Å²) in [7, 11) is 0. The molecule has 1 N–H and O–H groups in total.